The van der Waals surface area contributed by atoms with Gasteiger partial charge >= 0.3 is 0 Å². The van der Waals surface area contributed by atoms with Crippen molar-refractivity contribution in [2.45, 2.75) is 0 Å². The van der Waals surface area contributed by atoms with Crippen LogP contribution in [0.2, 0.25) is 0 Å². The van der Waals surface area contributed by atoms with Crippen LogP contribution in [0.5, 0.6) is 11.5 Å². The van der Waals surface area contributed by atoms with Crippen molar-refractivity contribution < 1.29 is 10.2 Å². The van der Waals surface area contributed by atoms with Crippen LogP contribution < -0.4 is 0 Å². The predicted molar refractivity (Wildman–Crippen MR) is 50.8 cm³/mol. The van der Waals surface area contributed by atoms with Gasteiger partial charge in [0.2, 0.25) is 0 Å². The Balaban J connectivity index is 2.49. The number of hydrogen-bond donors (Lipinski definition) is 2. The summed E-state index contributed by atoms with van der Waals surface area (Å²) < 4.78 is 0. The highest BCUT2D eigenvalue weighted by molar-refractivity contribution is 5.63. The fourth-order valence-electron chi connectivity index (χ4n) is 1.17. The van der Waals surface area contributed by atoms with E-state index in [0.717, 1.165) is 0 Å². The first-order valence-corrected chi connectivity index (χ1v) is 4.04. The molecule has 70 valence electrons. The van der Waals surface area contributed by atoms with E-state index in [4.69, 9.17) is 0 Å². The molecular weight excluding hydrogens is 180 g/mol. The van der Waals surface area contributed by atoms with Crippen molar-refractivity contribution in [3.05, 3.63) is 36.9 Å². The van der Waals surface area contributed by atoms with E-state index < -0.39 is 0 Å². The molecule has 0 spiro atoms. The maximum absolute atomic E-state index is 9.20. The van der Waals surface area contributed by atoms with E-state index >= 15 is 0 Å². The monoisotopic (exact) mass is 188 g/mol. The Morgan fingerprint density at radius 1 is 0.714 bits per heavy atom. The van der Waals surface area contributed by atoms with Crippen molar-refractivity contribution >= 4 is 0 Å². The third-order valence-corrected chi connectivity index (χ3v) is 1.78. The van der Waals surface area contributed by atoms with Crippen LogP contribution >= 0.6 is 0 Å². The molecule has 0 unspecified atom stereocenters. The highest BCUT2D eigenvalue weighted by Gasteiger charge is 2.00. The standard InChI is InChI=1S/C10H8N2O2/c13-9-1-7(3-11-5-9)8-2-10(14)6-12-4-8/h1-6,13-14H. The van der Waals surface area contributed by atoms with Crippen LogP contribution in [0.1, 0.15) is 0 Å². The Morgan fingerprint density at radius 3 is 1.50 bits per heavy atom. The van der Waals surface area contributed by atoms with Crippen LogP contribution in [0, 0.1) is 0 Å². The number of hydrogen-bond acceptors (Lipinski definition) is 4. The lowest BCUT2D eigenvalue weighted by Gasteiger charge is -2.01. The Labute approximate surface area is 80.5 Å². The summed E-state index contributed by atoms with van der Waals surface area (Å²) in [5, 5.41) is 18.4. The minimum absolute atomic E-state index is 0.0887. The van der Waals surface area contributed by atoms with Crippen molar-refractivity contribution in [1.29, 1.82) is 0 Å². The fourth-order valence-corrected chi connectivity index (χ4v) is 1.17. The SMILES string of the molecule is Oc1cncc(-c2cncc(O)c2)c1. The van der Waals surface area contributed by atoms with Crippen LogP contribution in [-0.4, -0.2) is 20.2 Å². The number of rotatable bonds is 1. The van der Waals surface area contributed by atoms with Gasteiger partial charge in [0.25, 0.3) is 0 Å². The average molecular weight is 188 g/mol. The van der Waals surface area contributed by atoms with E-state index in [9.17, 15) is 10.2 Å². The van der Waals surface area contributed by atoms with E-state index in [1.165, 1.54) is 12.4 Å². The van der Waals surface area contributed by atoms with Gasteiger partial charge in [-0.05, 0) is 12.1 Å². The van der Waals surface area contributed by atoms with Crippen LogP contribution in [0.4, 0.5) is 0 Å². The Kier molecular flexibility index (Phi) is 2.02. The molecule has 0 aliphatic carbocycles. The molecule has 0 saturated carbocycles. The molecule has 4 nitrogen and oxygen atoms in total. The molecule has 0 saturated heterocycles. The van der Waals surface area contributed by atoms with Crippen LogP contribution in [0.25, 0.3) is 11.1 Å². The van der Waals surface area contributed by atoms with Gasteiger partial charge in [-0.1, -0.05) is 0 Å². The molecule has 0 aliphatic rings. The first kappa shape index (κ1) is 8.50. The smallest absolute Gasteiger partial charge is 0.134 e. The summed E-state index contributed by atoms with van der Waals surface area (Å²) in [5.41, 5.74) is 1.43. The summed E-state index contributed by atoms with van der Waals surface area (Å²) >= 11 is 0. The van der Waals surface area contributed by atoms with Gasteiger partial charge in [-0.15, -0.1) is 0 Å². The molecule has 0 atom stereocenters. The van der Waals surface area contributed by atoms with E-state index in [1.54, 1.807) is 24.5 Å². The van der Waals surface area contributed by atoms with Crippen LogP contribution in [0.3, 0.4) is 0 Å². The molecule has 2 rings (SSSR count). The van der Waals surface area contributed by atoms with Crippen LogP contribution in [-0.2, 0) is 0 Å². The van der Waals surface area contributed by atoms with Gasteiger partial charge in [-0.3, -0.25) is 9.97 Å². The quantitative estimate of drug-likeness (QED) is 0.712. The Morgan fingerprint density at radius 2 is 1.14 bits per heavy atom. The molecule has 4 heteroatoms. The molecule has 0 aromatic carbocycles. The summed E-state index contributed by atoms with van der Waals surface area (Å²) in [4.78, 5) is 7.66. The molecule has 0 radical (unpaired) electrons. The van der Waals surface area contributed by atoms with Crippen molar-refractivity contribution in [1.82, 2.24) is 9.97 Å². The lowest BCUT2D eigenvalue weighted by atomic mass is 10.1. The lowest BCUT2D eigenvalue weighted by molar-refractivity contribution is 0.471. The summed E-state index contributed by atoms with van der Waals surface area (Å²) in [6.07, 6.45) is 5.88. The maximum atomic E-state index is 9.20. The van der Waals surface area contributed by atoms with E-state index in [-0.39, 0.29) is 11.5 Å². The molecule has 14 heavy (non-hydrogen) atoms. The maximum Gasteiger partial charge on any atom is 0.134 e. The third kappa shape index (κ3) is 1.64. The van der Waals surface area contributed by atoms with E-state index in [1.807, 2.05) is 0 Å². The summed E-state index contributed by atoms with van der Waals surface area (Å²) in [7, 11) is 0. The topological polar surface area (TPSA) is 66.2 Å². The molecule has 2 aromatic heterocycles. The molecule has 2 N–H and O–H groups in total. The van der Waals surface area contributed by atoms with Crippen LogP contribution in [0.15, 0.2) is 36.9 Å². The van der Waals surface area contributed by atoms with Gasteiger partial charge in [0.15, 0.2) is 0 Å². The largest absolute Gasteiger partial charge is 0.506 e. The van der Waals surface area contributed by atoms with Crippen molar-refractivity contribution in [2.75, 3.05) is 0 Å². The lowest BCUT2D eigenvalue weighted by Crippen LogP contribution is -1.81. The molecule has 0 fully saturated rings. The Hall–Kier alpha value is -2.10. The highest BCUT2D eigenvalue weighted by atomic mass is 16.3. The molecule has 2 heterocycles. The zero-order valence-electron chi connectivity index (χ0n) is 7.25. The number of aromatic hydroxyl groups is 2. The van der Waals surface area contributed by atoms with E-state index in [2.05, 4.69) is 9.97 Å². The number of aromatic nitrogens is 2. The Bertz CT molecular complexity index is 414. The molecular formula is C10H8N2O2. The number of nitrogens with zero attached hydrogens (tertiary/aromatic N) is 2. The van der Waals surface area contributed by atoms with Crippen molar-refractivity contribution in [3.63, 3.8) is 0 Å². The number of pyridine rings is 2. The minimum Gasteiger partial charge on any atom is -0.506 e. The van der Waals surface area contributed by atoms with Gasteiger partial charge < -0.3 is 10.2 Å². The molecule has 2 aromatic rings. The summed E-state index contributed by atoms with van der Waals surface area (Å²) in [6.45, 7) is 0. The summed E-state index contributed by atoms with van der Waals surface area (Å²) in [5.74, 6) is 0.177. The van der Waals surface area contributed by atoms with Gasteiger partial charge in [0.1, 0.15) is 11.5 Å². The predicted octanol–water partition coefficient (Wildman–Crippen LogP) is 1.55. The third-order valence-electron chi connectivity index (χ3n) is 1.78. The average Bonchev–Trinajstić information content (AvgIpc) is 2.18. The van der Waals surface area contributed by atoms with Gasteiger partial charge in [0.05, 0.1) is 12.4 Å². The second-order valence-electron chi connectivity index (χ2n) is 2.86. The zero-order chi connectivity index (χ0) is 9.97. The molecule has 0 aliphatic heterocycles. The zero-order valence-corrected chi connectivity index (χ0v) is 7.25. The van der Waals surface area contributed by atoms with Gasteiger partial charge in [-0.2, -0.15) is 0 Å². The highest BCUT2D eigenvalue weighted by Crippen LogP contribution is 2.23. The second kappa shape index (κ2) is 3.33. The first-order chi connectivity index (χ1) is 6.75. The van der Waals surface area contributed by atoms with Gasteiger partial charge in [0, 0.05) is 23.5 Å². The molecule has 0 bridgehead atoms. The molecule has 0 amide bonds. The fraction of sp³-hybridized carbons (Fsp3) is 0. The van der Waals surface area contributed by atoms with Crippen molar-refractivity contribution in [2.24, 2.45) is 0 Å². The van der Waals surface area contributed by atoms with E-state index in [0.29, 0.717) is 11.1 Å². The van der Waals surface area contributed by atoms with Gasteiger partial charge in [-0.25, -0.2) is 0 Å². The second-order valence-corrected chi connectivity index (χ2v) is 2.86. The minimum atomic E-state index is 0.0887. The first-order valence-electron chi connectivity index (χ1n) is 4.04. The normalized spacial score (nSPS) is 10.0. The van der Waals surface area contributed by atoms with Crippen molar-refractivity contribution in [3.8, 4) is 22.6 Å². The summed E-state index contributed by atoms with van der Waals surface area (Å²) in [6, 6.07) is 3.12.